The van der Waals surface area contributed by atoms with Gasteiger partial charge in [-0.1, -0.05) is 0 Å². The van der Waals surface area contributed by atoms with Gasteiger partial charge in [-0.2, -0.15) is 4.98 Å². The van der Waals surface area contributed by atoms with Crippen LogP contribution in [0.3, 0.4) is 0 Å². The van der Waals surface area contributed by atoms with Gasteiger partial charge in [0.25, 0.3) is 5.88 Å². The van der Waals surface area contributed by atoms with Gasteiger partial charge in [0.05, 0.1) is 21.3 Å². The number of aromatic nitrogens is 2. The van der Waals surface area contributed by atoms with Crippen molar-refractivity contribution >= 4 is 5.82 Å². The van der Waals surface area contributed by atoms with Crippen molar-refractivity contribution in [3.63, 3.8) is 0 Å². The van der Waals surface area contributed by atoms with Gasteiger partial charge < -0.3 is 24.4 Å². The van der Waals surface area contributed by atoms with Crippen molar-refractivity contribution < 1.29 is 18.9 Å². The zero-order valence-corrected chi connectivity index (χ0v) is 11.9. The molecule has 112 valence electrons. The molecule has 1 aromatic heterocycles. The van der Waals surface area contributed by atoms with E-state index in [1.165, 1.54) is 13.4 Å². The van der Waals surface area contributed by atoms with Crippen LogP contribution in [0.25, 0.3) is 0 Å². The Morgan fingerprint density at radius 3 is 2.05 bits per heavy atom. The number of hydrogen-bond acceptors (Lipinski definition) is 8. The van der Waals surface area contributed by atoms with Crippen molar-refractivity contribution in [3.05, 3.63) is 24.5 Å². The van der Waals surface area contributed by atoms with E-state index in [1.807, 2.05) is 0 Å². The first-order valence-electron chi connectivity index (χ1n) is 5.98. The van der Waals surface area contributed by atoms with Gasteiger partial charge in [-0.05, 0) is 0 Å². The fourth-order valence-corrected chi connectivity index (χ4v) is 1.67. The number of anilines is 1. The van der Waals surface area contributed by atoms with Gasteiger partial charge in [0.1, 0.15) is 23.6 Å². The van der Waals surface area contributed by atoms with Crippen LogP contribution >= 0.6 is 0 Å². The van der Waals surface area contributed by atoms with Crippen LogP contribution in [0, 0.1) is 0 Å². The van der Waals surface area contributed by atoms with Crippen molar-refractivity contribution in [3.8, 4) is 28.9 Å². The highest BCUT2D eigenvalue weighted by Gasteiger charge is 2.14. The summed E-state index contributed by atoms with van der Waals surface area (Å²) in [7, 11) is 4.58. The molecule has 2 aromatic rings. The first-order valence-corrected chi connectivity index (χ1v) is 5.98. The Labute approximate surface area is 121 Å². The molecule has 0 saturated heterocycles. The summed E-state index contributed by atoms with van der Waals surface area (Å²) in [6.45, 7) is 0. The van der Waals surface area contributed by atoms with Crippen LogP contribution in [-0.4, -0.2) is 31.3 Å². The Hall–Kier alpha value is -2.74. The third-order valence-electron chi connectivity index (χ3n) is 2.65. The summed E-state index contributed by atoms with van der Waals surface area (Å²) < 4.78 is 21.3. The molecule has 0 aliphatic carbocycles. The summed E-state index contributed by atoms with van der Waals surface area (Å²) in [4.78, 5) is 7.97. The average Bonchev–Trinajstić information content (AvgIpc) is 2.54. The molecule has 0 aliphatic heterocycles. The highest BCUT2D eigenvalue weighted by Crippen LogP contribution is 2.36. The second-order valence-corrected chi connectivity index (χ2v) is 3.86. The second kappa shape index (κ2) is 6.62. The first-order chi connectivity index (χ1) is 10.2. The van der Waals surface area contributed by atoms with Gasteiger partial charge in [-0.3, -0.25) is 0 Å². The molecule has 0 aliphatic rings. The molecule has 1 heterocycles. The molecule has 0 unspecified atom stereocenters. The van der Waals surface area contributed by atoms with Crippen LogP contribution in [0.2, 0.25) is 0 Å². The van der Waals surface area contributed by atoms with Crippen molar-refractivity contribution in [1.82, 2.24) is 9.97 Å². The minimum atomic E-state index is 0.218. The molecule has 0 atom stereocenters. The molecule has 0 fully saturated rings. The highest BCUT2D eigenvalue weighted by atomic mass is 16.5. The van der Waals surface area contributed by atoms with Gasteiger partial charge in [0.15, 0.2) is 5.82 Å². The van der Waals surface area contributed by atoms with Crippen LogP contribution in [-0.2, 0) is 0 Å². The molecule has 0 amide bonds. The second-order valence-electron chi connectivity index (χ2n) is 3.86. The highest BCUT2D eigenvalue weighted by molar-refractivity contribution is 5.55. The SMILES string of the molecule is COc1cc(OC)cc(Oc2ncnc(NN)c2OC)c1. The van der Waals surface area contributed by atoms with E-state index in [1.54, 1.807) is 32.4 Å². The summed E-state index contributed by atoms with van der Waals surface area (Å²) in [5.41, 5.74) is 2.41. The molecule has 8 nitrogen and oxygen atoms in total. The maximum atomic E-state index is 5.70. The van der Waals surface area contributed by atoms with E-state index in [-0.39, 0.29) is 5.88 Å². The predicted molar refractivity (Wildman–Crippen MR) is 76.0 cm³/mol. The van der Waals surface area contributed by atoms with Crippen molar-refractivity contribution in [2.75, 3.05) is 26.8 Å². The maximum absolute atomic E-state index is 5.70. The third-order valence-corrected chi connectivity index (χ3v) is 2.65. The standard InChI is InChI=1S/C13H16N4O4/c1-18-8-4-9(19-2)6-10(5-8)21-13-11(20-3)12(17-14)15-7-16-13/h4-7H,14H2,1-3H3,(H,15,16,17). The number of methoxy groups -OCH3 is 3. The predicted octanol–water partition coefficient (Wildman–Crippen LogP) is 1.58. The van der Waals surface area contributed by atoms with Gasteiger partial charge in [0.2, 0.25) is 5.75 Å². The van der Waals surface area contributed by atoms with Crippen molar-refractivity contribution in [1.29, 1.82) is 0 Å². The quantitative estimate of drug-likeness (QED) is 0.611. The van der Waals surface area contributed by atoms with E-state index in [9.17, 15) is 0 Å². The number of rotatable bonds is 6. The lowest BCUT2D eigenvalue weighted by Crippen LogP contribution is -2.11. The van der Waals surface area contributed by atoms with Gasteiger partial charge in [-0.25, -0.2) is 10.8 Å². The molecule has 0 spiro atoms. The van der Waals surface area contributed by atoms with E-state index in [2.05, 4.69) is 15.4 Å². The monoisotopic (exact) mass is 292 g/mol. The minimum Gasteiger partial charge on any atom is -0.496 e. The van der Waals surface area contributed by atoms with Crippen LogP contribution in [0.15, 0.2) is 24.5 Å². The number of nitrogens with two attached hydrogens (primary N) is 1. The summed E-state index contributed by atoms with van der Waals surface area (Å²) in [5.74, 6) is 7.85. The van der Waals surface area contributed by atoms with Crippen LogP contribution in [0.1, 0.15) is 0 Å². The van der Waals surface area contributed by atoms with E-state index >= 15 is 0 Å². The topological polar surface area (TPSA) is 101 Å². The molecule has 2 rings (SSSR count). The molecular weight excluding hydrogens is 276 g/mol. The molecule has 0 radical (unpaired) electrons. The average molecular weight is 292 g/mol. The van der Waals surface area contributed by atoms with Crippen LogP contribution in [0.5, 0.6) is 28.9 Å². The van der Waals surface area contributed by atoms with Crippen molar-refractivity contribution in [2.24, 2.45) is 5.84 Å². The molecular formula is C13H16N4O4. The maximum Gasteiger partial charge on any atom is 0.268 e. The van der Waals surface area contributed by atoms with Gasteiger partial charge in [-0.15, -0.1) is 0 Å². The Balaban J connectivity index is 2.38. The first kappa shape index (κ1) is 14.7. The smallest absolute Gasteiger partial charge is 0.268 e. The summed E-state index contributed by atoms with van der Waals surface area (Å²) >= 11 is 0. The number of ether oxygens (including phenoxy) is 4. The molecule has 8 heteroatoms. The number of nitrogen functional groups attached to an aromatic ring is 1. The Morgan fingerprint density at radius 1 is 0.905 bits per heavy atom. The fourth-order valence-electron chi connectivity index (χ4n) is 1.67. The van der Waals surface area contributed by atoms with Gasteiger partial charge in [0, 0.05) is 18.2 Å². The van der Waals surface area contributed by atoms with E-state index in [4.69, 9.17) is 24.8 Å². The summed E-state index contributed by atoms with van der Waals surface area (Å²) in [6, 6.07) is 5.12. The van der Waals surface area contributed by atoms with Crippen LogP contribution < -0.4 is 30.2 Å². The van der Waals surface area contributed by atoms with Crippen molar-refractivity contribution in [2.45, 2.75) is 0 Å². The van der Waals surface area contributed by atoms with E-state index in [0.717, 1.165) is 0 Å². The largest absolute Gasteiger partial charge is 0.496 e. The Kier molecular flexibility index (Phi) is 4.62. The minimum absolute atomic E-state index is 0.218. The van der Waals surface area contributed by atoms with Gasteiger partial charge >= 0.3 is 0 Å². The zero-order valence-electron chi connectivity index (χ0n) is 11.9. The fraction of sp³-hybridized carbons (Fsp3) is 0.231. The molecule has 0 saturated carbocycles. The summed E-state index contributed by atoms with van der Waals surface area (Å²) in [5, 5.41) is 0. The van der Waals surface area contributed by atoms with E-state index < -0.39 is 0 Å². The number of hydrogen-bond donors (Lipinski definition) is 2. The third kappa shape index (κ3) is 3.23. The molecule has 3 N–H and O–H groups in total. The normalized spacial score (nSPS) is 9.90. The Morgan fingerprint density at radius 2 is 1.52 bits per heavy atom. The number of benzene rings is 1. The Bertz CT molecular complexity index is 599. The lowest BCUT2D eigenvalue weighted by molar-refractivity contribution is 0.361. The molecule has 21 heavy (non-hydrogen) atoms. The molecule has 1 aromatic carbocycles. The lowest BCUT2D eigenvalue weighted by Gasteiger charge is -2.13. The zero-order chi connectivity index (χ0) is 15.2. The number of nitrogens with one attached hydrogen (secondary N) is 1. The lowest BCUT2D eigenvalue weighted by atomic mass is 10.3. The molecule has 0 bridgehead atoms. The number of hydrazine groups is 1. The van der Waals surface area contributed by atoms with Crippen LogP contribution in [0.4, 0.5) is 5.82 Å². The van der Waals surface area contributed by atoms with E-state index in [0.29, 0.717) is 28.8 Å². The summed E-state index contributed by atoms with van der Waals surface area (Å²) in [6.07, 6.45) is 1.31. The number of nitrogens with zero attached hydrogens (tertiary/aromatic N) is 2.